The SMILES string of the molecule is Cl.Cl.Nc1nc(C2(c3ccccc3)CCN(C(=O)CC3CCNC3)CC2)cs1. The molecule has 2 fully saturated rings. The number of hydrogen-bond donors (Lipinski definition) is 2. The van der Waals surface area contributed by atoms with E-state index in [0.29, 0.717) is 23.4 Å². The summed E-state index contributed by atoms with van der Waals surface area (Å²) in [5.74, 6) is 0.805. The van der Waals surface area contributed by atoms with Crippen LogP contribution in [0, 0.1) is 5.92 Å². The minimum absolute atomic E-state index is 0. The van der Waals surface area contributed by atoms with Crippen molar-refractivity contribution in [2.45, 2.75) is 31.1 Å². The molecule has 2 aromatic rings. The van der Waals surface area contributed by atoms with Gasteiger partial charge in [-0.2, -0.15) is 0 Å². The zero-order valence-corrected chi connectivity index (χ0v) is 18.3. The van der Waals surface area contributed by atoms with Crippen LogP contribution in [0.25, 0.3) is 0 Å². The molecule has 0 radical (unpaired) electrons. The first kappa shape index (κ1) is 22.9. The number of nitrogen functional groups attached to an aromatic ring is 1. The smallest absolute Gasteiger partial charge is 0.222 e. The van der Waals surface area contributed by atoms with Crippen molar-refractivity contribution in [2.75, 3.05) is 31.9 Å². The Balaban J connectivity index is 0.00000140. The molecule has 1 aromatic carbocycles. The number of aromatic nitrogens is 1. The largest absolute Gasteiger partial charge is 0.375 e. The normalized spacial score (nSPS) is 20.9. The van der Waals surface area contributed by atoms with Gasteiger partial charge in [-0.25, -0.2) is 4.98 Å². The average molecular weight is 443 g/mol. The van der Waals surface area contributed by atoms with E-state index < -0.39 is 0 Å². The third-order valence-electron chi connectivity index (χ3n) is 5.93. The topological polar surface area (TPSA) is 71.2 Å². The van der Waals surface area contributed by atoms with Crippen molar-refractivity contribution >= 4 is 47.2 Å². The molecule has 2 aliphatic heterocycles. The van der Waals surface area contributed by atoms with Gasteiger partial charge < -0.3 is 16.0 Å². The third kappa shape index (κ3) is 4.62. The first-order valence-corrected chi connectivity index (χ1v) is 10.3. The number of hydrogen-bond acceptors (Lipinski definition) is 5. The maximum absolute atomic E-state index is 12.7. The summed E-state index contributed by atoms with van der Waals surface area (Å²) < 4.78 is 0. The molecular formula is C20H28Cl2N4OS. The van der Waals surface area contributed by atoms with E-state index in [1.807, 2.05) is 6.07 Å². The van der Waals surface area contributed by atoms with E-state index >= 15 is 0 Å². The lowest BCUT2D eigenvalue weighted by atomic mass is 9.70. The number of carbonyl (C=O) groups is 1. The lowest BCUT2D eigenvalue weighted by molar-refractivity contribution is -0.133. The number of anilines is 1. The number of carbonyl (C=O) groups excluding carboxylic acids is 1. The van der Waals surface area contributed by atoms with Crippen LogP contribution in [0.5, 0.6) is 0 Å². The van der Waals surface area contributed by atoms with E-state index in [-0.39, 0.29) is 30.2 Å². The monoisotopic (exact) mass is 442 g/mol. The van der Waals surface area contributed by atoms with Crippen LogP contribution < -0.4 is 11.1 Å². The number of likely N-dealkylation sites (tertiary alicyclic amines) is 1. The summed E-state index contributed by atoms with van der Waals surface area (Å²) in [6.45, 7) is 3.59. The lowest BCUT2D eigenvalue weighted by Crippen LogP contribution is -2.46. The molecule has 1 aromatic heterocycles. The first-order chi connectivity index (χ1) is 12.7. The van der Waals surface area contributed by atoms with E-state index in [9.17, 15) is 4.79 Å². The number of rotatable bonds is 4. The van der Waals surface area contributed by atoms with Gasteiger partial charge in [-0.1, -0.05) is 30.3 Å². The van der Waals surface area contributed by atoms with E-state index in [4.69, 9.17) is 5.73 Å². The quantitative estimate of drug-likeness (QED) is 0.759. The number of thiazole rings is 1. The highest BCUT2D eigenvalue weighted by Gasteiger charge is 2.40. The summed E-state index contributed by atoms with van der Waals surface area (Å²) in [7, 11) is 0. The van der Waals surface area contributed by atoms with Crippen molar-refractivity contribution in [1.29, 1.82) is 0 Å². The number of nitrogens with zero attached hydrogens (tertiary/aromatic N) is 2. The van der Waals surface area contributed by atoms with E-state index in [2.05, 4.69) is 44.8 Å². The molecule has 154 valence electrons. The minimum Gasteiger partial charge on any atom is -0.375 e. The summed E-state index contributed by atoms with van der Waals surface area (Å²) in [4.78, 5) is 19.4. The van der Waals surface area contributed by atoms with Gasteiger partial charge in [0.05, 0.1) is 5.69 Å². The van der Waals surface area contributed by atoms with Gasteiger partial charge in [0, 0.05) is 30.3 Å². The molecule has 0 bridgehead atoms. The Bertz CT molecular complexity index is 757. The first-order valence-electron chi connectivity index (χ1n) is 9.43. The Morgan fingerprint density at radius 3 is 2.54 bits per heavy atom. The number of halogens is 2. The molecule has 1 unspecified atom stereocenters. The predicted molar refractivity (Wildman–Crippen MR) is 120 cm³/mol. The van der Waals surface area contributed by atoms with E-state index in [0.717, 1.165) is 51.1 Å². The van der Waals surface area contributed by atoms with Crippen molar-refractivity contribution in [2.24, 2.45) is 5.92 Å². The van der Waals surface area contributed by atoms with E-state index in [1.165, 1.54) is 16.9 Å². The van der Waals surface area contributed by atoms with Crippen molar-refractivity contribution in [3.05, 3.63) is 47.0 Å². The zero-order chi connectivity index (χ0) is 18.0. The summed E-state index contributed by atoms with van der Waals surface area (Å²) in [6.07, 6.45) is 3.59. The van der Waals surface area contributed by atoms with Crippen molar-refractivity contribution < 1.29 is 4.79 Å². The van der Waals surface area contributed by atoms with Crippen molar-refractivity contribution in [3.8, 4) is 0 Å². The molecule has 2 aliphatic rings. The van der Waals surface area contributed by atoms with Crippen LogP contribution in [-0.4, -0.2) is 42.0 Å². The second-order valence-electron chi connectivity index (χ2n) is 7.46. The summed E-state index contributed by atoms with van der Waals surface area (Å²) >= 11 is 1.50. The highest BCUT2D eigenvalue weighted by Crippen LogP contribution is 2.42. The molecule has 8 heteroatoms. The highest BCUT2D eigenvalue weighted by molar-refractivity contribution is 7.13. The van der Waals surface area contributed by atoms with Gasteiger partial charge in [0.25, 0.3) is 0 Å². The predicted octanol–water partition coefficient (Wildman–Crippen LogP) is 3.48. The number of piperidine rings is 1. The molecule has 3 N–H and O–H groups in total. The van der Waals surface area contributed by atoms with Gasteiger partial charge in [-0.15, -0.1) is 36.2 Å². The van der Waals surface area contributed by atoms with Gasteiger partial charge in [0.1, 0.15) is 0 Å². The van der Waals surface area contributed by atoms with Crippen LogP contribution >= 0.6 is 36.2 Å². The molecular weight excluding hydrogens is 415 g/mol. The maximum atomic E-state index is 12.7. The molecule has 1 amide bonds. The number of benzene rings is 1. The molecule has 3 heterocycles. The van der Waals surface area contributed by atoms with Gasteiger partial charge >= 0.3 is 0 Å². The van der Waals surface area contributed by atoms with Crippen LogP contribution in [0.4, 0.5) is 5.13 Å². The molecule has 0 spiro atoms. The molecule has 5 nitrogen and oxygen atoms in total. The molecule has 0 saturated carbocycles. The van der Waals surface area contributed by atoms with Gasteiger partial charge in [-0.05, 0) is 43.8 Å². The summed E-state index contributed by atoms with van der Waals surface area (Å²) in [6, 6.07) is 10.6. The van der Waals surface area contributed by atoms with E-state index in [1.54, 1.807) is 0 Å². The second-order valence-corrected chi connectivity index (χ2v) is 8.35. The second kappa shape index (κ2) is 9.92. The standard InChI is InChI=1S/C20H26N4OS.2ClH/c21-19-23-17(14-26-19)20(16-4-2-1-3-5-16)7-10-24(11-8-20)18(25)12-15-6-9-22-13-15;;/h1-5,14-15,22H,6-13H2,(H2,21,23);2*1H. The molecule has 4 rings (SSSR count). The van der Waals surface area contributed by atoms with Gasteiger partial charge in [0.2, 0.25) is 5.91 Å². The Morgan fingerprint density at radius 2 is 1.96 bits per heavy atom. The Kier molecular flexibility index (Phi) is 8.13. The number of amides is 1. The minimum atomic E-state index is -0.138. The fraction of sp³-hybridized carbons (Fsp3) is 0.500. The average Bonchev–Trinajstić information content (AvgIpc) is 3.34. The van der Waals surface area contributed by atoms with Crippen LogP contribution in [0.1, 0.15) is 36.9 Å². The van der Waals surface area contributed by atoms with Crippen LogP contribution in [0.3, 0.4) is 0 Å². The Labute approximate surface area is 182 Å². The van der Waals surface area contributed by atoms with Crippen molar-refractivity contribution in [3.63, 3.8) is 0 Å². The van der Waals surface area contributed by atoms with Crippen LogP contribution in [0.2, 0.25) is 0 Å². The maximum Gasteiger partial charge on any atom is 0.222 e. The van der Waals surface area contributed by atoms with Gasteiger partial charge in [0.15, 0.2) is 5.13 Å². The zero-order valence-electron chi connectivity index (χ0n) is 15.8. The fourth-order valence-corrected chi connectivity index (χ4v) is 5.02. The molecule has 0 aliphatic carbocycles. The Morgan fingerprint density at radius 1 is 1.25 bits per heavy atom. The Hall–Kier alpha value is -1.34. The van der Waals surface area contributed by atoms with Crippen LogP contribution in [-0.2, 0) is 10.2 Å². The molecule has 2 saturated heterocycles. The third-order valence-corrected chi connectivity index (χ3v) is 6.61. The number of nitrogens with one attached hydrogen (secondary N) is 1. The summed E-state index contributed by atoms with van der Waals surface area (Å²) in [5, 5.41) is 6.05. The van der Waals surface area contributed by atoms with Gasteiger partial charge in [-0.3, -0.25) is 4.79 Å². The highest BCUT2D eigenvalue weighted by atomic mass is 35.5. The molecule has 28 heavy (non-hydrogen) atoms. The van der Waals surface area contributed by atoms with Crippen LogP contribution in [0.15, 0.2) is 35.7 Å². The lowest BCUT2D eigenvalue weighted by Gasteiger charge is -2.41. The fourth-order valence-electron chi connectivity index (χ4n) is 4.36. The summed E-state index contributed by atoms with van der Waals surface area (Å²) in [5.41, 5.74) is 8.12. The molecule has 1 atom stereocenters. The van der Waals surface area contributed by atoms with Crippen molar-refractivity contribution in [1.82, 2.24) is 15.2 Å². The number of nitrogens with two attached hydrogens (primary N) is 1.